The first kappa shape index (κ1) is 24.0. The lowest BCUT2D eigenvalue weighted by Gasteiger charge is -2.15. The van der Waals surface area contributed by atoms with E-state index >= 15 is 0 Å². The van der Waals surface area contributed by atoms with Crippen LogP contribution in [0, 0.1) is 24.1 Å². The number of hydrogen-bond acceptors (Lipinski definition) is 4. The largest absolute Gasteiger partial charge is 0.490 e. The van der Waals surface area contributed by atoms with Gasteiger partial charge >= 0.3 is 0 Å². The van der Waals surface area contributed by atoms with Gasteiger partial charge in [-0.05, 0) is 71.2 Å². The second-order valence-electron chi connectivity index (χ2n) is 7.14. The predicted molar refractivity (Wildman–Crippen MR) is 129 cm³/mol. The monoisotopic (exact) mass is 508 g/mol. The van der Waals surface area contributed by atoms with Gasteiger partial charge in [-0.15, -0.1) is 0 Å². The highest BCUT2D eigenvalue weighted by Gasteiger charge is 2.15. The van der Waals surface area contributed by atoms with Crippen LogP contribution in [0.2, 0.25) is 0 Å². The molecule has 0 aliphatic carbocycles. The van der Waals surface area contributed by atoms with Gasteiger partial charge in [0.25, 0.3) is 5.91 Å². The molecule has 0 heterocycles. The van der Waals surface area contributed by atoms with Crippen molar-refractivity contribution in [3.63, 3.8) is 0 Å². The van der Waals surface area contributed by atoms with Gasteiger partial charge in [0, 0.05) is 0 Å². The molecule has 1 N–H and O–H groups in total. The van der Waals surface area contributed by atoms with Crippen molar-refractivity contribution in [3.8, 4) is 17.6 Å². The molecule has 168 valence electrons. The van der Waals surface area contributed by atoms with E-state index in [1.165, 1.54) is 24.3 Å². The molecule has 0 bridgehead atoms. The Bertz CT molecular complexity index is 1230. The Balaban J connectivity index is 1.86. The summed E-state index contributed by atoms with van der Waals surface area (Å²) in [6, 6.07) is 19.0. The first-order valence-electron chi connectivity index (χ1n) is 10.2. The topological polar surface area (TPSA) is 71.3 Å². The van der Waals surface area contributed by atoms with E-state index in [9.17, 15) is 14.4 Å². The summed E-state index contributed by atoms with van der Waals surface area (Å²) in [4.78, 5) is 12.5. The number of nitrogens with one attached hydrogen (secondary N) is 1. The zero-order chi connectivity index (χ0) is 23.8. The van der Waals surface area contributed by atoms with Crippen LogP contribution in [-0.4, -0.2) is 12.5 Å². The maximum Gasteiger partial charge on any atom is 0.266 e. The van der Waals surface area contributed by atoms with E-state index in [0.29, 0.717) is 34.7 Å². The zero-order valence-corrected chi connectivity index (χ0v) is 19.8. The van der Waals surface area contributed by atoms with E-state index in [-0.39, 0.29) is 11.3 Å². The molecule has 0 atom stereocenters. The molecule has 0 fully saturated rings. The third-order valence-electron chi connectivity index (χ3n) is 4.60. The summed E-state index contributed by atoms with van der Waals surface area (Å²) in [6.45, 7) is 4.62. The van der Waals surface area contributed by atoms with Crippen LogP contribution in [0.4, 0.5) is 10.1 Å². The summed E-state index contributed by atoms with van der Waals surface area (Å²) in [7, 11) is 0. The maximum atomic E-state index is 13.8. The predicted octanol–water partition coefficient (Wildman–Crippen LogP) is 6.42. The van der Waals surface area contributed by atoms with E-state index in [2.05, 4.69) is 21.2 Å². The number of carbonyl (C=O) groups excluding carboxylic acids is 1. The number of anilines is 1. The summed E-state index contributed by atoms with van der Waals surface area (Å²) in [5, 5.41) is 11.9. The average Bonchev–Trinajstić information content (AvgIpc) is 2.78. The number of hydrogen-bond donors (Lipinski definition) is 1. The van der Waals surface area contributed by atoms with Gasteiger partial charge in [-0.2, -0.15) is 5.26 Å². The van der Waals surface area contributed by atoms with Crippen LogP contribution in [0.1, 0.15) is 23.6 Å². The molecule has 3 rings (SSSR count). The molecule has 0 aliphatic rings. The Morgan fingerprint density at radius 1 is 1.15 bits per heavy atom. The first-order chi connectivity index (χ1) is 15.9. The zero-order valence-electron chi connectivity index (χ0n) is 18.2. The minimum Gasteiger partial charge on any atom is -0.490 e. The molecule has 7 heteroatoms. The lowest BCUT2D eigenvalue weighted by Crippen LogP contribution is -2.14. The van der Waals surface area contributed by atoms with Gasteiger partial charge in [-0.25, -0.2) is 4.39 Å². The van der Waals surface area contributed by atoms with Gasteiger partial charge in [-0.3, -0.25) is 4.79 Å². The standard InChI is InChI=1S/C26H22BrFN2O3/c1-3-32-24-14-19(12-20(15-29)26(31)30-23-10-5-4-9-22(23)28)13-21(27)25(24)33-16-18-8-6-7-17(2)11-18/h4-14H,3,16H2,1-2H3,(H,30,31)/b20-12-. The van der Waals surface area contributed by atoms with Gasteiger partial charge in [0.1, 0.15) is 24.1 Å². The Morgan fingerprint density at radius 3 is 2.64 bits per heavy atom. The van der Waals surface area contributed by atoms with Crippen molar-refractivity contribution in [2.75, 3.05) is 11.9 Å². The Morgan fingerprint density at radius 2 is 1.94 bits per heavy atom. The maximum absolute atomic E-state index is 13.8. The van der Waals surface area contributed by atoms with E-state index in [0.717, 1.165) is 11.1 Å². The fourth-order valence-corrected chi connectivity index (χ4v) is 3.67. The number of carbonyl (C=O) groups is 1. The number of benzene rings is 3. The Labute approximate surface area is 200 Å². The fourth-order valence-electron chi connectivity index (χ4n) is 3.10. The normalized spacial score (nSPS) is 10.9. The summed E-state index contributed by atoms with van der Waals surface area (Å²) in [6.07, 6.45) is 1.41. The molecule has 5 nitrogen and oxygen atoms in total. The smallest absolute Gasteiger partial charge is 0.266 e. The number of halogens is 2. The number of amides is 1. The summed E-state index contributed by atoms with van der Waals surface area (Å²) < 4.78 is 26.2. The van der Waals surface area contributed by atoms with Crippen molar-refractivity contribution in [2.24, 2.45) is 0 Å². The van der Waals surface area contributed by atoms with Crippen molar-refractivity contribution < 1.29 is 18.7 Å². The number of ether oxygens (including phenoxy) is 2. The average molecular weight is 509 g/mol. The van der Waals surface area contributed by atoms with Gasteiger partial charge in [0.2, 0.25) is 0 Å². The van der Waals surface area contributed by atoms with Crippen molar-refractivity contribution in [1.29, 1.82) is 5.26 Å². The van der Waals surface area contributed by atoms with Crippen LogP contribution in [0.3, 0.4) is 0 Å². The minimum atomic E-state index is -0.712. The third kappa shape index (κ3) is 6.43. The van der Waals surface area contributed by atoms with Gasteiger partial charge in [-0.1, -0.05) is 42.0 Å². The van der Waals surface area contributed by atoms with E-state index in [1.54, 1.807) is 18.2 Å². The molecule has 3 aromatic carbocycles. The van der Waals surface area contributed by atoms with Crippen molar-refractivity contribution in [3.05, 3.63) is 93.2 Å². The van der Waals surface area contributed by atoms with Crippen LogP contribution in [0.15, 0.2) is 70.7 Å². The summed E-state index contributed by atoms with van der Waals surface area (Å²) >= 11 is 3.50. The lowest BCUT2D eigenvalue weighted by atomic mass is 10.1. The molecule has 3 aromatic rings. The molecular formula is C26H22BrFN2O3. The number of para-hydroxylation sites is 1. The lowest BCUT2D eigenvalue weighted by molar-refractivity contribution is -0.112. The number of rotatable bonds is 8. The molecular weight excluding hydrogens is 487 g/mol. The van der Waals surface area contributed by atoms with Crippen LogP contribution in [0.25, 0.3) is 6.08 Å². The minimum absolute atomic E-state index is 0.000248. The molecule has 1 amide bonds. The molecule has 0 saturated carbocycles. The van der Waals surface area contributed by atoms with Crippen LogP contribution in [0.5, 0.6) is 11.5 Å². The number of aryl methyl sites for hydroxylation is 1. The van der Waals surface area contributed by atoms with Gasteiger partial charge < -0.3 is 14.8 Å². The molecule has 0 unspecified atom stereocenters. The second kappa shape index (κ2) is 11.3. The van der Waals surface area contributed by atoms with Crippen LogP contribution >= 0.6 is 15.9 Å². The Kier molecular flexibility index (Phi) is 8.22. The molecule has 0 aromatic heterocycles. The highest BCUT2D eigenvalue weighted by Crippen LogP contribution is 2.38. The molecule has 0 saturated heterocycles. The summed E-state index contributed by atoms with van der Waals surface area (Å²) in [5.41, 5.74) is 2.53. The first-order valence-corrected chi connectivity index (χ1v) is 11.0. The third-order valence-corrected chi connectivity index (χ3v) is 5.18. The fraction of sp³-hybridized carbons (Fsp3) is 0.154. The van der Waals surface area contributed by atoms with Gasteiger partial charge in [0.15, 0.2) is 11.5 Å². The van der Waals surface area contributed by atoms with Crippen LogP contribution < -0.4 is 14.8 Å². The van der Waals surface area contributed by atoms with E-state index in [4.69, 9.17) is 9.47 Å². The van der Waals surface area contributed by atoms with Crippen molar-refractivity contribution in [2.45, 2.75) is 20.5 Å². The SMILES string of the molecule is CCOc1cc(/C=C(/C#N)C(=O)Nc2ccccc2F)cc(Br)c1OCc1cccc(C)c1. The molecule has 0 aliphatic heterocycles. The molecule has 0 spiro atoms. The summed E-state index contributed by atoms with van der Waals surface area (Å²) in [5.74, 6) is -0.307. The van der Waals surface area contributed by atoms with E-state index < -0.39 is 11.7 Å². The van der Waals surface area contributed by atoms with Gasteiger partial charge in [0.05, 0.1) is 16.8 Å². The highest BCUT2D eigenvalue weighted by atomic mass is 79.9. The van der Waals surface area contributed by atoms with Crippen molar-refractivity contribution in [1.82, 2.24) is 0 Å². The number of nitrogens with zero attached hydrogens (tertiary/aromatic N) is 1. The Hall–Kier alpha value is -3.63. The van der Waals surface area contributed by atoms with Crippen LogP contribution in [-0.2, 0) is 11.4 Å². The van der Waals surface area contributed by atoms with Crippen molar-refractivity contribution >= 4 is 33.6 Å². The molecule has 33 heavy (non-hydrogen) atoms. The number of nitriles is 1. The quantitative estimate of drug-likeness (QED) is 0.281. The molecule has 0 radical (unpaired) electrons. The second-order valence-corrected chi connectivity index (χ2v) is 8.00. The van der Waals surface area contributed by atoms with E-state index in [1.807, 2.05) is 44.2 Å². The highest BCUT2D eigenvalue weighted by molar-refractivity contribution is 9.10.